The van der Waals surface area contributed by atoms with Gasteiger partial charge < -0.3 is 19.8 Å². The van der Waals surface area contributed by atoms with Crippen LogP contribution in [0.5, 0.6) is 0 Å². The molecule has 0 unspecified atom stereocenters. The van der Waals surface area contributed by atoms with Crippen LogP contribution in [0.25, 0.3) is 0 Å². The average molecular weight is 763 g/mol. The van der Waals surface area contributed by atoms with E-state index in [-0.39, 0.29) is 0 Å². The van der Waals surface area contributed by atoms with Gasteiger partial charge in [0.25, 0.3) is 0 Å². The molecule has 4 rings (SSSR count). The Morgan fingerprint density at radius 1 is 0.795 bits per heavy atom. The van der Waals surface area contributed by atoms with Crippen LogP contribution in [-0.2, 0) is 13.9 Å². The van der Waals surface area contributed by atoms with Crippen molar-refractivity contribution in [2.45, 2.75) is 92.2 Å². The summed E-state index contributed by atoms with van der Waals surface area (Å²) in [5, 5.41) is 13.5. The number of hydrogen-bond donors (Lipinski definition) is 0. The third-order valence-corrected chi connectivity index (χ3v) is 8.53. The van der Waals surface area contributed by atoms with Gasteiger partial charge in [-0.3, -0.25) is 0 Å². The fourth-order valence-corrected chi connectivity index (χ4v) is 6.42. The summed E-state index contributed by atoms with van der Waals surface area (Å²) in [6.07, 6.45) is 15.6. The Bertz CT molecular complexity index is 717. The molecule has 39 heavy (non-hydrogen) atoms. The van der Waals surface area contributed by atoms with Gasteiger partial charge in [0.2, 0.25) is 0 Å². The molecule has 0 radical (unpaired) electrons. The number of rotatable bonds is 8. The molecule has 2 aliphatic heterocycles. The van der Waals surface area contributed by atoms with E-state index in [2.05, 4.69) is 125 Å². The fraction of sp³-hybridized carbons (Fsp3) is 0.733. The van der Waals surface area contributed by atoms with E-state index in [9.17, 15) is 0 Å². The zero-order valence-electron chi connectivity index (χ0n) is 24.9. The average Bonchev–Trinajstić information content (AvgIpc) is 3.55. The SMILES string of the molecule is C=CCN1C=NN([C@@H]2C[C@@H](C)CC[C@@H]2C(C)C)[CH-]1.C=CCN1C=NN([C@@H]2C[C@@H](C)CC[C@@H]2C(C)C)[CH-]1.[Br][Pd][Br]. The van der Waals surface area contributed by atoms with E-state index in [0.29, 0.717) is 26.0 Å². The molecule has 2 heterocycles. The van der Waals surface area contributed by atoms with Crippen LogP contribution in [0.2, 0.25) is 0 Å². The van der Waals surface area contributed by atoms with Crippen molar-refractivity contribution < 1.29 is 13.9 Å². The molecule has 0 N–H and O–H groups in total. The van der Waals surface area contributed by atoms with Gasteiger partial charge >= 0.3 is 40.8 Å². The van der Waals surface area contributed by atoms with Gasteiger partial charge in [0.15, 0.2) is 0 Å². The molecule has 2 saturated carbocycles. The van der Waals surface area contributed by atoms with Crippen LogP contribution < -0.4 is 0 Å². The molecular formula is C30H52Br2N6Pd-2. The third kappa shape index (κ3) is 11.1. The van der Waals surface area contributed by atoms with Crippen molar-refractivity contribution in [1.82, 2.24) is 19.8 Å². The predicted molar refractivity (Wildman–Crippen MR) is 171 cm³/mol. The van der Waals surface area contributed by atoms with Gasteiger partial charge in [-0.1, -0.05) is 66.5 Å². The van der Waals surface area contributed by atoms with Crippen molar-refractivity contribution in [2.75, 3.05) is 13.1 Å². The van der Waals surface area contributed by atoms with E-state index >= 15 is 0 Å². The molecule has 9 heteroatoms. The van der Waals surface area contributed by atoms with Gasteiger partial charge in [0, 0.05) is 25.2 Å². The molecule has 2 fully saturated rings. The molecule has 4 aliphatic rings. The van der Waals surface area contributed by atoms with Gasteiger partial charge in [-0.25, -0.2) is 10.2 Å². The zero-order chi connectivity index (χ0) is 28.9. The first-order valence-electron chi connectivity index (χ1n) is 14.5. The monoisotopic (exact) mass is 760 g/mol. The standard InChI is InChI=1S/2C15H26N3.2BrH.Pd/c2*1-5-8-17-10-16-18(11-17)15-9-13(4)6-7-14(15)12(2)3;;;/h2*5,10-15H,1,6-9H2,2-4H3;2*1H;/q2*-1;;;+2/p-2/t2*13-,14+,15+;;;/m00.../s1. The molecule has 0 amide bonds. The Morgan fingerprint density at radius 3 is 1.46 bits per heavy atom. The van der Waals surface area contributed by atoms with Gasteiger partial charge in [0.05, 0.1) is 12.7 Å². The Kier molecular flexibility index (Phi) is 16.3. The minimum atomic E-state index is 0.569. The molecule has 0 saturated heterocycles. The molecule has 0 spiro atoms. The van der Waals surface area contributed by atoms with Crippen LogP contribution >= 0.6 is 26.9 Å². The van der Waals surface area contributed by atoms with Crippen molar-refractivity contribution >= 4 is 39.5 Å². The molecular weight excluding hydrogens is 711 g/mol. The summed E-state index contributed by atoms with van der Waals surface area (Å²) in [5.41, 5.74) is 0. The molecule has 6 nitrogen and oxygen atoms in total. The molecule has 6 atom stereocenters. The van der Waals surface area contributed by atoms with Crippen LogP contribution in [0.3, 0.4) is 0 Å². The maximum absolute atomic E-state index is 4.56. The number of nitrogens with zero attached hydrogens (tertiary/aromatic N) is 6. The quantitative estimate of drug-likeness (QED) is 0.142. The van der Waals surface area contributed by atoms with Gasteiger partial charge in [-0.15, -0.1) is 26.5 Å². The summed E-state index contributed by atoms with van der Waals surface area (Å²) in [6.45, 7) is 27.6. The molecule has 0 aromatic rings. The van der Waals surface area contributed by atoms with E-state index in [0.717, 1.165) is 48.6 Å². The molecule has 0 bridgehead atoms. The summed E-state index contributed by atoms with van der Waals surface area (Å²) in [5.74, 6) is 4.64. The second-order valence-corrected chi connectivity index (χ2v) is 19.4. The van der Waals surface area contributed by atoms with Crippen molar-refractivity contribution in [3.8, 4) is 0 Å². The Labute approximate surface area is 261 Å². The first kappa shape index (κ1) is 34.8. The van der Waals surface area contributed by atoms with Crippen LogP contribution in [0, 0.1) is 48.8 Å². The van der Waals surface area contributed by atoms with Gasteiger partial charge in [0.1, 0.15) is 0 Å². The van der Waals surface area contributed by atoms with E-state index in [1.54, 1.807) is 0 Å². The zero-order valence-corrected chi connectivity index (χ0v) is 29.6. The van der Waals surface area contributed by atoms with Crippen LogP contribution in [0.15, 0.2) is 35.5 Å². The molecule has 0 aromatic heterocycles. The van der Waals surface area contributed by atoms with Crippen LogP contribution in [0.1, 0.15) is 80.1 Å². The topological polar surface area (TPSA) is 37.7 Å². The van der Waals surface area contributed by atoms with Crippen molar-refractivity contribution in [2.24, 2.45) is 45.7 Å². The summed E-state index contributed by atoms with van der Waals surface area (Å²) >= 11 is 6.80. The Balaban J connectivity index is 0.000000249. The maximum atomic E-state index is 4.56. The second kappa shape index (κ2) is 18.2. The van der Waals surface area contributed by atoms with E-state index in [1.807, 2.05) is 24.8 Å². The number of hydrazone groups is 2. The summed E-state index contributed by atoms with van der Waals surface area (Å²) in [7, 11) is 0. The van der Waals surface area contributed by atoms with E-state index in [1.165, 1.54) is 38.5 Å². The van der Waals surface area contributed by atoms with Gasteiger partial charge in [-0.2, -0.15) is 0 Å². The Morgan fingerprint density at radius 2 is 1.15 bits per heavy atom. The van der Waals surface area contributed by atoms with Crippen LogP contribution in [-0.4, -0.2) is 57.7 Å². The van der Waals surface area contributed by atoms with E-state index < -0.39 is 0 Å². The Hall–Kier alpha value is -0.358. The number of halogens is 2. The van der Waals surface area contributed by atoms with Crippen molar-refractivity contribution in [3.05, 3.63) is 38.6 Å². The van der Waals surface area contributed by atoms with Crippen LogP contribution in [0.4, 0.5) is 0 Å². The summed E-state index contributed by atoms with van der Waals surface area (Å²) in [6, 6.07) is 1.14. The molecule has 2 aliphatic carbocycles. The number of hydrogen-bond acceptors (Lipinski definition) is 6. The van der Waals surface area contributed by atoms with Crippen molar-refractivity contribution in [1.29, 1.82) is 0 Å². The predicted octanol–water partition coefficient (Wildman–Crippen LogP) is 8.32. The van der Waals surface area contributed by atoms with Crippen molar-refractivity contribution in [3.63, 3.8) is 0 Å². The molecule has 0 aromatic carbocycles. The third-order valence-electron chi connectivity index (χ3n) is 8.53. The normalized spacial score (nSPS) is 30.4. The minimum absolute atomic E-state index is 0.569. The van der Waals surface area contributed by atoms with Gasteiger partial charge in [-0.05, 0) is 61.2 Å². The first-order valence-corrected chi connectivity index (χ1v) is 21.7. The first-order chi connectivity index (χ1) is 18.6. The summed E-state index contributed by atoms with van der Waals surface area (Å²) < 4.78 is 0. The fourth-order valence-electron chi connectivity index (χ4n) is 6.42. The molecule has 228 valence electrons. The summed E-state index contributed by atoms with van der Waals surface area (Å²) in [4.78, 5) is 4.20. The second-order valence-electron chi connectivity index (χ2n) is 12.3. The van der Waals surface area contributed by atoms with E-state index in [4.69, 9.17) is 0 Å².